The number of nitro groups is 1. The molecule has 7 heteroatoms. The summed E-state index contributed by atoms with van der Waals surface area (Å²) in [4.78, 5) is 22.3. The number of benzene rings is 2. The number of rotatable bonds is 8. The summed E-state index contributed by atoms with van der Waals surface area (Å²) in [5.74, 6) is 0.862. The Bertz CT molecular complexity index is 817. The molecular formula is C19H20N2O5. The molecule has 0 atom stereocenters. The van der Waals surface area contributed by atoms with Crippen LogP contribution in [0.15, 0.2) is 48.5 Å². The van der Waals surface area contributed by atoms with E-state index in [1.54, 1.807) is 24.3 Å². The highest BCUT2D eigenvalue weighted by Crippen LogP contribution is 2.29. The van der Waals surface area contributed by atoms with Crippen molar-refractivity contribution in [3.05, 3.63) is 64.2 Å². The summed E-state index contributed by atoms with van der Waals surface area (Å²) in [6.45, 7) is 4.80. The van der Waals surface area contributed by atoms with Crippen LogP contribution < -0.4 is 14.8 Å². The third-order valence-electron chi connectivity index (χ3n) is 3.32. The molecule has 0 fully saturated rings. The molecule has 1 amide bonds. The van der Waals surface area contributed by atoms with Crippen LogP contribution in [0.25, 0.3) is 6.08 Å². The number of non-ortho nitro benzene ring substituents is 1. The van der Waals surface area contributed by atoms with Crippen LogP contribution in [0.2, 0.25) is 0 Å². The van der Waals surface area contributed by atoms with Gasteiger partial charge in [-0.3, -0.25) is 14.9 Å². The summed E-state index contributed by atoms with van der Waals surface area (Å²) < 4.78 is 11.0. The summed E-state index contributed by atoms with van der Waals surface area (Å²) in [6.07, 6.45) is 2.98. The topological polar surface area (TPSA) is 90.7 Å². The number of nitrogens with zero attached hydrogens (tertiary/aromatic N) is 1. The Labute approximate surface area is 151 Å². The second kappa shape index (κ2) is 9.22. The molecule has 0 bridgehead atoms. The van der Waals surface area contributed by atoms with Gasteiger partial charge in [-0.15, -0.1) is 0 Å². The highest BCUT2D eigenvalue weighted by atomic mass is 16.6. The van der Waals surface area contributed by atoms with Gasteiger partial charge in [0, 0.05) is 23.9 Å². The smallest absolute Gasteiger partial charge is 0.271 e. The van der Waals surface area contributed by atoms with Gasteiger partial charge < -0.3 is 14.8 Å². The maximum atomic E-state index is 12.0. The van der Waals surface area contributed by atoms with Gasteiger partial charge in [0.05, 0.1) is 18.1 Å². The summed E-state index contributed by atoms with van der Waals surface area (Å²) in [5.41, 5.74) is 1.04. The van der Waals surface area contributed by atoms with Gasteiger partial charge in [0.25, 0.3) is 5.69 Å². The molecule has 0 saturated carbocycles. The highest BCUT2D eigenvalue weighted by molar-refractivity contribution is 6.02. The van der Waals surface area contributed by atoms with Crippen LogP contribution in [-0.4, -0.2) is 24.0 Å². The van der Waals surface area contributed by atoms with Crippen LogP contribution in [-0.2, 0) is 4.79 Å². The van der Waals surface area contributed by atoms with Crippen molar-refractivity contribution in [2.45, 2.75) is 13.8 Å². The number of ether oxygens (including phenoxy) is 2. The highest BCUT2D eigenvalue weighted by Gasteiger charge is 2.07. The lowest BCUT2D eigenvalue weighted by Gasteiger charge is -2.11. The minimum atomic E-state index is -0.513. The Morgan fingerprint density at radius 2 is 1.85 bits per heavy atom. The van der Waals surface area contributed by atoms with Crippen LogP contribution in [0.4, 0.5) is 11.4 Å². The fourth-order valence-corrected chi connectivity index (χ4v) is 2.22. The van der Waals surface area contributed by atoms with Crippen LogP contribution in [0.1, 0.15) is 19.4 Å². The van der Waals surface area contributed by atoms with Crippen molar-refractivity contribution in [1.29, 1.82) is 0 Å². The Balaban J connectivity index is 2.08. The Morgan fingerprint density at radius 1 is 1.12 bits per heavy atom. The summed E-state index contributed by atoms with van der Waals surface area (Å²) in [5, 5.41) is 13.4. The maximum absolute atomic E-state index is 12.0. The quantitative estimate of drug-likeness (QED) is 0.438. The van der Waals surface area contributed by atoms with Gasteiger partial charge in [-0.05, 0) is 43.7 Å². The van der Waals surface area contributed by atoms with Crippen LogP contribution in [0.5, 0.6) is 11.5 Å². The molecular weight excluding hydrogens is 336 g/mol. The van der Waals surface area contributed by atoms with Gasteiger partial charge in [-0.25, -0.2) is 0 Å². The first-order valence-electron chi connectivity index (χ1n) is 8.16. The standard InChI is InChI=1S/C19H20N2O5/c1-3-25-17-10-8-14(12-18(17)26-4-2)9-11-19(22)20-15-6-5-7-16(13-15)21(23)24/h5-13H,3-4H2,1-2H3,(H,20,22). The van der Waals surface area contributed by atoms with Crippen LogP contribution in [0.3, 0.4) is 0 Å². The lowest BCUT2D eigenvalue weighted by Crippen LogP contribution is -2.07. The first-order valence-corrected chi connectivity index (χ1v) is 8.16. The van der Waals surface area contributed by atoms with E-state index in [0.717, 1.165) is 5.56 Å². The zero-order chi connectivity index (χ0) is 18.9. The average Bonchev–Trinajstić information content (AvgIpc) is 2.62. The number of hydrogen-bond acceptors (Lipinski definition) is 5. The number of nitro benzene ring substituents is 1. The van der Waals surface area contributed by atoms with Crippen molar-refractivity contribution >= 4 is 23.4 Å². The van der Waals surface area contributed by atoms with Crippen LogP contribution in [0, 0.1) is 10.1 Å². The molecule has 0 heterocycles. The zero-order valence-corrected chi connectivity index (χ0v) is 14.6. The first-order chi connectivity index (χ1) is 12.5. The molecule has 26 heavy (non-hydrogen) atoms. The van der Waals surface area contributed by atoms with E-state index in [0.29, 0.717) is 30.4 Å². The molecule has 7 nitrogen and oxygen atoms in total. The summed E-state index contributed by atoms with van der Waals surface area (Å²) in [6, 6.07) is 11.1. The van der Waals surface area contributed by atoms with Crippen LogP contribution >= 0.6 is 0 Å². The number of carbonyl (C=O) groups excluding carboxylic acids is 1. The predicted molar refractivity (Wildman–Crippen MR) is 99.5 cm³/mol. The van der Waals surface area contributed by atoms with E-state index in [9.17, 15) is 14.9 Å². The summed E-state index contributed by atoms with van der Waals surface area (Å²) >= 11 is 0. The fraction of sp³-hybridized carbons (Fsp3) is 0.211. The Kier molecular flexibility index (Phi) is 6.73. The van der Waals surface area contributed by atoms with E-state index < -0.39 is 10.8 Å². The second-order valence-corrected chi connectivity index (χ2v) is 5.20. The molecule has 0 spiro atoms. The largest absolute Gasteiger partial charge is 0.490 e. The van der Waals surface area contributed by atoms with Gasteiger partial charge >= 0.3 is 0 Å². The lowest BCUT2D eigenvalue weighted by molar-refractivity contribution is -0.384. The average molecular weight is 356 g/mol. The van der Waals surface area contributed by atoms with E-state index >= 15 is 0 Å². The van der Waals surface area contributed by atoms with E-state index in [1.165, 1.54) is 24.3 Å². The van der Waals surface area contributed by atoms with Gasteiger partial charge in [-0.2, -0.15) is 0 Å². The minimum Gasteiger partial charge on any atom is -0.490 e. The number of nitrogens with one attached hydrogen (secondary N) is 1. The monoisotopic (exact) mass is 356 g/mol. The Morgan fingerprint density at radius 3 is 2.54 bits per heavy atom. The molecule has 0 aliphatic heterocycles. The molecule has 0 saturated heterocycles. The zero-order valence-electron chi connectivity index (χ0n) is 14.6. The SMILES string of the molecule is CCOc1ccc(C=CC(=O)Nc2cccc([N+](=O)[O-])c2)cc1OCC. The van der Waals surface area contributed by atoms with Gasteiger partial charge in [0.1, 0.15) is 0 Å². The van der Waals surface area contributed by atoms with E-state index in [-0.39, 0.29) is 5.69 Å². The molecule has 0 aliphatic carbocycles. The van der Waals surface area contributed by atoms with E-state index in [1.807, 2.05) is 19.9 Å². The molecule has 0 aliphatic rings. The predicted octanol–water partition coefficient (Wildman–Crippen LogP) is 4.04. The molecule has 2 aromatic rings. The van der Waals surface area contributed by atoms with Crippen molar-refractivity contribution in [2.24, 2.45) is 0 Å². The lowest BCUT2D eigenvalue weighted by atomic mass is 10.2. The number of anilines is 1. The normalized spacial score (nSPS) is 10.5. The number of hydrogen-bond donors (Lipinski definition) is 1. The van der Waals surface area contributed by atoms with Crippen molar-refractivity contribution in [1.82, 2.24) is 0 Å². The maximum Gasteiger partial charge on any atom is 0.271 e. The Hall–Kier alpha value is -3.35. The molecule has 1 N–H and O–H groups in total. The second-order valence-electron chi connectivity index (χ2n) is 5.20. The van der Waals surface area contributed by atoms with Gasteiger partial charge in [0.15, 0.2) is 11.5 Å². The third kappa shape index (κ3) is 5.34. The van der Waals surface area contributed by atoms with Gasteiger partial charge in [0.2, 0.25) is 5.91 Å². The van der Waals surface area contributed by atoms with E-state index in [4.69, 9.17) is 9.47 Å². The molecule has 136 valence electrons. The summed E-state index contributed by atoms with van der Waals surface area (Å²) in [7, 11) is 0. The first kappa shape index (κ1) is 19.0. The minimum absolute atomic E-state index is 0.0837. The number of carbonyl (C=O) groups is 1. The van der Waals surface area contributed by atoms with E-state index in [2.05, 4.69) is 5.32 Å². The number of amides is 1. The van der Waals surface area contributed by atoms with Gasteiger partial charge in [-0.1, -0.05) is 12.1 Å². The van der Waals surface area contributed by atoms with Crippen molar-refractivity contribution in [3.8, 4) is 11.5 Å². The molecule has 2 aromatic carbocycles. The third-order valence-corrected chi connectivity index (χ3v) is 3.32. The van der Waals surface area contributed by atoms with Crippen molar-refractivity contribution < 1.29 is 19.2 Å². The molecule has 0 unspecified atom stereocenters. The molecule has 0 radical (unpaired) electrons. The molecule has 0 aromatic heterocycles. The fourth-order valence-electron chi connectivity index (χ4n) is 2.22. The van der Waals surface area contributed by atoms with Crippen molar-refractivity contribution in [2.75, 3.05) is 18.5 Å². The molecule has 2 rings (SSSR count). The van der Waals surface area contributed by atoms with Crippen molar-refractivity contribution in [3.63, 3.8) is 0 Å².